The van der Waals surface area contributed by atoms with Gasteiger partial charge in [0, 0.05) is 0 Å². The molecule has 3 nitrogen and oxygen atoms in total. The molecule has 0 radical (unpaired) electrons. The lowest BCUT2D eigenvalue weighted by molar-refractivity contribution is -0.206. The summed E-state index contributed by atoms with van der Waals surface area (Å²) in [7, 11) is 0. The molecule has 0 bridgehead atoms. The molecule has 0 aromatic heterocycles. The van der Waals surface area contributed by atoms with Gasteiger partial charge in [-0.3, -0.25) is 4.79 Å². The van der Waals surface area contributed by atoms with Crippen molar-refractivity contribution in [3.8, 4) is 0 Å². The summed E-state index contributed by atoms with van der Waals surface area (Å²) in [6.07, 6.45) is 11.6. The standard InChI is InChI=1S/C30H48O3/c1-18-10-15-30(25(32)33)17-16-28(6)20(24(30)19(18)2)8-9-22-27(5)13-12-23(31)26(3,4)21(27)11-14-29(22,28)7/h8,18-19,21-24,31H,9-17H2,1-7H3,(H,32,33)/t18-,19-,21+,22-,23-,24+,27+,28-,29-,30-/m1/s1. The highest BCUT2D eigenvalue weighted by molar-refractivity contribution is 5.76. The Balaban J connectivity index is 1.61. The minimum atomic E-state index is -0.557. The molecule has 0 aliphatic heterocycles. The lowest BCUT2D eigenvalue weighted by Crippen LogP contribution is -2.65. The van der Waals surface area contributed by atoms with Crippen LogP contribution >= 0.6 is 0 Å². The molecule has 0 heterocycles. The van der Waals surface area contributed by atoms with E-state index in [2.05, 4.69) is 54.5 Å². The normalized spacial score (nSPS) is 55.3. The van der Waals surface area contributed by atoms with E-state index in [1.165, 1.54) is 18.4 Å². The lowest BCUT2D eigenvalue weighted by Gasteiger charge is -2.71. The maximum absolute atomic E-state index is 12.8. The van der Waals surface area contributed by atoms with Gasteiger partial charge in [0.25, 0.3) is 0 Å². The Kier molecular flexibility index (Phi) is 5.15. The smallest absolute Gasteiger partial charge is 0.310 e. The Bertz CT molecular complexity index is 874. The molecule has 4 saturated carbocycles. The van der Waals surface area contributed by atoms with Gasteiger partial charge in [0.2, 0.25) is 0 Å². The van der Waals surface area contributed by atoms with Crippen molar-refractivity contribution in [1.29, 1.82) is 0 Å². The Morgan fingerprint density at radius 3 is 2.27 bits per heavy atom. The van der Waals surface area contributed by atoms with E-state index in [4.69, 9.17) is 0 Å². The highest BCUT2D eigenvalue weighted by Crippen LogP contribution is 2.75. The third kappa shape index (κ3) is 2.75. The van der Waals surface area contributed by atoms with E-state index >= 15 is 0 Å². The van der Waals surface area contributed by atoms with E-state index < -0.39 is 11.4 Å². The number of aliphatic carboxylic acids is 1. The first-order valence-corrected chi connectivity index (χ1v) is 13.9. The maximum atomic E-state index is 12.8. The second-order valence-corrected chi connectivity index (χ2v) is 14.5. The third-order valence-electron chi connectivity index (χ3n) is 13.4. The molecule has 5 rings (SSSR count). The number of hydrogen-bond donors (Lipinski definition) is 2. The molecule has 5 aliphatic rings. The van der Waals surface area contributed by atoms with Crippen molar-refractivity contribution in [2.24, 2.45) is 56.7 Å². The molecule has 0 aromatic carbocycles. The highest BCUT2D eigenvalue weighted by atomic mass is 16.4. The van der Waals surface area contributed by atoms with E-state index in [1.807, 2.05) is 0 Å². The van der Waals surface area contributed by atoms with Crippen LogP contribution < -0.4 is 0 Å². The molecule has 0 unspecified atom stereocenters. The molecule has 0 saturated heterocycles. The number of carboxylic acid groups (broad SMARTS) is 1. The number of aliphatic hydroxyl groups is 1. The lowest BCUT2D eigenvalue weighted by atomic mass is 9.33. The monoisotopic (exact) mass is 456 g/mol. The molecule has 33 heavy (non-hydrogen) atoms. The van der Waals surface area contributed by atoms with Crippen molar-refractivity contribution in [1.82, 2.24) is 0 Å². The number of fused-ring (bicyclic) bond motifs is 7. The zero-order valence-corrected chi connectivity index (χ0v) is 22.2. The highest BCUT2D eigenvalue weighted by Gasteiger charge is 2.69. The zero-order valence-electron chi connectivity index (χ0n) is 22.2. The van der Waals surface area contributed by atoms with Gasteiger partial charge < -0.3 is 10.2 Å². The van der Waals surface area contributed by atoms with E-state index in [9.17, 15) is 15.0 Å². The van der Waals surface area contributed by atoms with Gasteiger partial charge in [0.1, 0.15) is 0 Å². The second kappa shape index (κ2) is 7.11. The van der Waals surface area contributed by atoms with E-state index in [-0.39, 0.29) is 33.7 Å². The quantitative estimate of drug-likeness (QED) is 0.414. The van der Waals surface area contributed by atoms with Crippen molar-refractivity contribution in [3.05, 3.63) is 11.6 Å². The Hall–Kier alpha value is -0.830. The molecule has 0 amide bonds. The van der Waals surface area contributed by atoms with Gasteiger partial charge in [0.05, 0.1) is 11.5 Å². The largest absolute Gasteiger partial charge is 0.481 e. The van der Waals surface area contributed by atoms with Gasteiger partial charge in [-0.25, -0.2) is 0 Å². The summed E-state index contributed by atoms with van der Waals surface area (Å²) in [5.74, 6) is 1.82. The number of allylic oxidation sites excluding steroid dienone is 2. The molecule has 186 valence electrons. The van der Waals surface area contributed by atoms with Crippen LogP contribution in [0.5, 0.6) is 0 Å². The first kappa shape index (κ1) is 23.9. The Morgan fingerprint density at radius 2 is 1.61 bits per heavy atom. The number of hydrogen-bond acceptors (Lipinski definition) is 2. The van der Waals surface area contributed by atoms with Crippen molar-refractivity contribution in [2.45, 2.75) is 112 Å². The molecular weight excluding hydrogens is 408 g/mol. The summed E-state index contributed by atoms with van der Waals surface area (Å²) in [5.41, 5.74) is 1.46. The van der Waals surface area contributed by atoms with E-state index in [0.29, 0.717) is 23.7 Å². The van der Waals surface area contributed by atoms with Crippen LogP contribution in [0, 0.1) is 56.7 Å². The molecule has 10 atom stereocenters. The van der Waals surface area contributed by atoms with Crippen molar-refractivity contribution < 1.29 is 15.0 Å². The van der Waals surface area contributed by atoms with Crippen LogP contribution in [-0.2, 0) is 4.79 Å². The molecule has 3 heteroatoms. The Labute approximate surface area is 201 Å². The van der Waals surface area contributed by atoms with Crippen molar-refractivity contribution in [2.75, 3.05) is 0 Å². The van der Waals surface area contributed by atoms with Crippen LogP contribution in [0.4, 0.5) is 0 Å². The van der Waals surface area contributed by atoms with Crippen molar-refractivity contribution >= 4 is 5.97 Å². The number of carbonyl (C=O) groups is 1. The van der Waals surface area contributed by atoms with E-state index in [0.717, 1.165) is 44.9 Å². The predicted octanol–water partition coefficient (Wildman–Crippen LogP) is 7.09. The Morgan fingerprint density at radius 1 is 0.909 bits per heavy atom. The minimum absolute atomic E-state index is 0.0302. The molecule has 5 aliphatic carbocycles. The molecule has 0 aromatic rings. The predicted molar refractivity (Wildman–Crippen MR) is 133 cm³/mol. The molecule has 2 N–H and O–H groups in total. The number of aliphatic hydroxyl groups excluding tert-OH is 1. The fraction of sp³-hybridized carbons (Fsp3) is 0.900. The second-order valence-electron chi connectivity index (χ2n) is 14.5. The fourth-order valence-corrected chi connectivity index (χ4v) is 10.8. The first-order chi connectivity index (χ1) is 15.3. The summed E-state index contributed by atoms with van der Waals surface area (Å²) in [5, 5.41) is 21.4. The average molecular weight is 457 g/mol. The number of carboxylic acids is 1. The molecular formula is C30H48O3. The zero-order chi connectivity index (χ0) is 24.2. The summed E-state index contributed by atoms with van der Waals surface area (Å²) in [6.45, 7) is 17.0. The summed E-state index contributed by atoms with van der Waals surface area (Å²) in [4.78, 5) is 12.8. The SMILES string of the molecule is C[C@@H]1[C@H](C)CC[C@@]2(C(=O)O)CC[C@]3(C)C(=CC[C@@H]4[C@@]5(C)CC[C@@H](O)C(C)(C)[C@@H]5CC[C@]43C)[C@H]12. The van der Waals surface area contributed by atoms with E-state index in [1.54, 1.807) is 0 Å². The average Bonchev–Trinajstić information content (AvgIpc) is 2.74. The topological polar surface area (TPSA) is 57.5 Å². The van der Waals surface area contributed by atoms with Gasteiger partial charge in [-0.2, -0.15) is 0 Å². The van der Waals surface area contributed by atoms with Crippen LogP contribution in [0.2, 0.25) is 0 Å². The maximum Gasteiger partial charge on any atom is 0.310 e. The summed E-state index contributed by atoms with van der Waals surface area (Å²) < 4.78 is 0. The summed E-state index contributed by atoms with van der Waals surface area (Å²) >= 11 is 0. The van der Waals surface area contributed by atoms with Crippen LogP contribution in [0.1, 0.15) is 106 Å². The molecule has 0 spiro atoms. The minimum Gasteiger partial charge on any atom is -0.481 e. The molecule has 4 fully saturated rings. The fourth-order valence-electron chi connectivity index (χ4n) is 10.8. The van der Waals surface area contributed by atoms with Crippen LogP contribution in [0.15, 0.2) is 11.6 Å². The van der Waals surface area contributed by atoms with Gasteiger partial charge in [-0.15, -0.1) is 0 Å². The van der Waals surface area contributed by atoms with Gasteiger partial charge in [-0.05, 0) is 109 Å². The number of rotatable bonds is 1. The van der Waals surface area contributed by atoms with Gasteiger partial charge in [0.15, 0.2) is 0 Å². The van der Waals surface area contributed by atoms with Crippen LogP contribution in [-0.4, -0.2) is 22.3 Å². The first-order valence-electron chi connectivity index (χ1n) is 13.9. The van der Waals surface area contributed by atoms with Crippen molar-refractivity contribution in [3.63, 3.8) is 0 Å². The van der Waals surface area contributed by atoms with Gasteiger partial charge >= 0.3 is 5.97 Å². The summed E-state index contributed by atoms with van der Waals surface area (Å²) in [6, 6.07) is 0. The van der Waals surface area contributed by atoms with Crippen LogP contribution in [0.25, 0.3) is 0 Å². The third-order valence-corrected chi connectivity index (χ3v) is 13.4. The van der Waals surface area contributed by atoms with Crippen LogP contribution in [0.3, 0.4) is 0 Å². The van der Waals surface area contributed by atoms with Gasteiger partial charge in [-0.1, -0.05) is 60.1 Å².